The van der Waals surface area contributed by atoms with Crippen LogP contribution in [0.15, 0.2) is 85.0 Å². The highest BCUT2D eigenvalue weighted by Gasteiger charge is 2.75. The summed E-state index contributed by atoms with van der Waals surface area (Å²) in [5.41, 5.74) is -1.03. The van der Waals surface area contributed by atoms with Crippen LogP contribution in [0.2, 0.25) is 0 Å². The van der Waals surface area contributed by atoms with Crippen molar-refractivity contribution in [3.05, 3.63) is 90.5 Å². The lowest BCUT2D eigenvalue weighted by Gasteiger charge is -2.40. The van der Waals surface area contributed by atoms with Gasteiger partial charge in [-0.1, -0.05) is 72.8 Å². The maximum absolute atomic E-state index is 14.7. The summed E-state index contributed by atoms with van der Waals surface area (Å²) in [5, 5.41) is 10.6. The minimum Gasteiger partial charge on any atom is -0.394 e. The number of amides is 3. The molecule has 3 amide bonds. The smallest absolute Gasteiger partial charge is 0.249 e. The molecule has 1 spiro atoms. The van der Waals surface area contributed by atoms with Crippen LogP contribution in [0.3, 0.4) is 0 Å². The van der Waals surface area contributed by atoms with E-state index in [0.717, 1.165) is 5.69 Å². The zero-order valence-electron chi connectivity index (χ0n) is 23.0. The summed E-state index contributed by atoms with van der Waals surface area (Å²) in [6.07, 6.45) is 7.51. The van der Waals surface area contributed by atoms with Crippen LogP contribution in [0.5, 0.6) is 0 Å². The number of para-hydroxylation sites is 1. The summed E-state index contributed by atoms with van der Waals surface area (Å²) in [6.45, 7) is 6.05. The van der Waals surface area contributed by atoms with Gasteiger partial charge in [0.2, 0.25) is 17.7 Å². The number of rotatable bonds is 5. The van der Waals surface area contributed by atoms with E-state index in [0.29, 0.717) is 18.7 Å². The molecule has 1 unspecified atom stereocenters. The summed E-state index contributed by atoms with van der Waals surface area (Å²) in [7, 11) is 0. The molecule has 0 aliphatic carbocycles. The predicted molar refractivity (Wildman–Crippen MR) is 150 cm³/mol. The zero-order valence-corrected chi connectivity index (χ0v) is 23.0. The van der Waals surface area contributed by atoms with Crippen LogP contribution < -0.4 is 4.90 Å². The summed E-state index contributed by atoms with van der Waals surface area (Å²) in [4.78, 5) is 48.4. The number of aliphatic hydroxyl groups excluding tert-OH is 1. The Morgan fingerprint density at radius 2 is 1.52 bits per heavy atom. The molecule has 0 aromatic heterocycles. The second kappa shape index (κ2) is 9.71. The Morgan fingerprint density at radius 3 is 2.17 bits per heavy atom. The first-order chi connectivity index (χ1) is 19.2. The second-order valence-corrected chi connectivity index (χ2v) is 11.5. The average Bonchev–Trinajstić information content (AvgIpc) is 3.21. The number of hydrogen-bond donors (Lipinski definition) is 1. The Bertz CT molecular complexity index is 1380. The first-order valence-electron chi connectivity index (χ1n) is 13.9. The summed E-state index contributed by atoms with van der Waals surface area (Å²) in [6, 6.07) is 16.7. The normalized spacial score (nSPS) is 32.2. The predicted octanol–water partition coefficient (Wildman–Crippen LogP) is 3.10. The van der Waals surface area contributed by atoms with Gasteiger partial charge >= 0.3 is 0 Å². The quantitative estimate of drug-likeness (QED) is 0.588. The fraction of sp³-hybridized carbons (Fsp3) is 0.406. The van der Waals surface area contributed by atoms with E-state index >= 15 is 0 Å². The molecule has 0 radical (unpaired) electrons. The molecule has 8 nitrogen and oxygen atoms in total. The van der Waals surface area contributed by atoms with Crippen molar-refractivity contribution in [2.24, 2.45) is 11.8 Å². The van der Waals surface area contributed by atoms with E-state index in [1.165, 1.54) is 4.90 Å². The van der Waals surface area contributed by atoms with Gasteiger partial charge in [-0.05, 0) is 38.5 Å². The Hall–Kier alpha value is -3.75. The van der Waals surface area contributed by atoms with E-state index in [-0.39, 0.29) is 30.4 Å². The van der Waals surface area contributed by atoms with Crippen molar-refractivity contribution >= 4 is 23.4 Å². The molecule has 6 atom stereocenters. The maximum atomic E-state index is 14.7. The minimum atomic E-state index is -1.38. The Kier molecular flexibility index (Phi) is 6.43. The standard InChI is InChI=1S/C32H35N3O5/c1-21(2)33-18-11-17-32-26(29(38)35(27(32)30(33)39)24(20-36)22-12-6-4-7-13-22)25-28(37)34(23-14-8-5-9-15-23)19-10-16-31(25,3)40-32/h4-17,21,24-27,36H,18-20H2,1-3H3/t24-,25-,26+,27?,31+,32+/m1/s1. The van der Waals surface area contributed by atoms with Crippen LogP contribution in [0.25, 0.3) is 0 Å². The molecule has 8 heteroatoms. The van der Waals surface area contributed by atoms with E-state index in [9.17, 15) is 19.5 Å². The Morgan fingerprint density at radius 1 is 0.875 bits per heavy atom. The highest BCUT2D eigenvalue weighted by molar-refractivity contribution is 6.04. The van der Waals surface area contributed by atoms with Crippen molar-refractivity contribution in [2.45, 2.75) is 50.1 Å². The maximum Gasteiger partial charge on any atom is 0.249 e. The van der Waals surface area contributed by atoms with Crippen LogP contribution in [0, 0.1) is 11.8 Å². The van der Waals surface area contributed by atoms with Crippen LogP contribution in [-0.2, 0) is 19.1 Å². The van der Waals surface area contributed by atoms with Gasteiger partial charge in [0.25, 0.3) is 0 Å². The lowest BCUT2D eigenvalue weighted by atomic mass is 9.74. The van der Waals surface area contributed by atoms with Gasteiger partial charge in [0, 0.05) is 24.8 Å². The molecule has 0 saturated carbocycles. The fourth-order valence-electron chi connectivity index (χ4n) is 7.15. The fourth-order valence-corrected chi connectivity index (χ4v) is 7.15. The third kappa shape index (κ3) is 3.77. The molecule has 2 saturated heterocycles. The molecule has 4 aliphatic heterocycles. The van der Waals surface area contributed by atoms with Gasteiger partial charge in [-0.15, -0.1) is 0 Å². The number of fused-ring (bicyclic) bond motifs is 2. The number of aliphatic hydroxyl groups is 1. The van der Waals surface area contributed by atoms with Gasteiger partial charge in [0.15, 0.2) is 0 Å². The first kappa shape index (κ1) is 26.5. The molecule has 0 bridgehead atoms. The third-order valence-electron chi connectivity index (χ3n) is 8.91. The summed E-state index contributed by atoms with van der Waals surface area (Å²) in [5.74, 6) is -2.65. The van der Waals surface area contributed by atoms with Crippen molar-refractivity contribution in [1.29, 1.82) is 0 Å². The first-order valence-corrected chi connectivity index (χ1v) is 13.9. The van der Waals surface area contributed by atoms with Crippen LogP contribution >= 0.6 is 0 Å². The summed E-state index contributed by atoms with van der Waals surface area (Å²) >= 11 is 0. The molecule has 2 aromatic rings. The van der Waals surface area contributed by atoms with E-state index in [2.05, 4.69) is 0 Å². The lowest BCUT2D eigenvalue weighted by Crippen LogP contribution is -2.57. The molecule has 40 heavy (non-hydrogen) atoms. The van der Waals surface area contributed by atoms with Crippen molar-refractivity contribution < 1.29 is 24.2 Å². The Labute approximate surface area is 234 Å². The van der Waals surface area contributed by atoms with Gasteiger partial charge < -0.3 is 24.5 Å². The number of carbonyl (C=O) groups excluding carboxylic acids is 3. The molecule has 2 fully saturated rings. The van der Waals surface area contributed by atoms with E-state index in [1.54, 1.807) is 9.80 Å². The van der Waals surface area contributed by atoms with Crippen molar-refractivity contribution in [1.82, 2.24) is 9.80 Å². The number of anilines is 1. The molecule has 4 heterocycles. The highest BCUT2D eigenvalue weighted by atomic mass is 16.5. The minimum absolute atomic E-state index is 0.120. The zero-order chi connectivity index (χ0) is 28.2. The van der Waals surface area contributed by atoms with Crippen molar-refractivity contribution in [2.75, 3.05) is 24.6 Å². The van der Waals surface area contributed by atoms with E-state index in [1.807, 2.05) is 106 Å². The summed E-state index contributed by atoms with van der Waals surface area (Å²) < 4.78 is 6.90. The molecule has 1 N–H and O–H groups in total. The average molecular weight is 542 g/mol. The number of nitrogens with zero attached hydrogens (tertiary/aromatic N) is 3. The lowest BCUT2D eigenvalue weighted by molar-refractivity contribution is -0.155. The van der Waals surface area contributed by atoms with Gasteiger partial charge in [-0.3, -0.25) is 14.4 Å². The number of ether oxygens (including phenoxy) is 1. The second-order valence-electron chi connectivity index (χ2n) is 11.5. The van der Waals surface area contributed by atoms with Crippen LogP contribution in [0.1, 0.15) is 32.4 Å². The largest absolute Gasteiger partial charge is 0.394 e. The van der Waals surface area contributed by atoms with Gasteiger partial charge in [0.05, 0.1) is 30.1 Å². The monoisotopic (exact) mass is 541 g/mol. The van der Waals surface area contributed by atoms with Crippen LogP contribution in [-0.4, -0.2) is 75.6 Å². The molecular formula is C32H35N3O5. The molecular weight excluding hydrogens is 506 g/mol. The van der Waals surface area contributed by atoms with Gasteiger partial charge in [-0.2, -0.15) is 0 Å². The molecule has 208 valence electrons. The number of hydrogen-bond acceptors (Lipinski definition) is 5. The molecule has 2 aromatic carbocycles. The van der Waals surface area contributed by atoms with Gasteiger partial charge in [-0.25, -0.2) is 0 Å². The number of carbonyl (C=O) groups is 3. The molecule has 6 rings (SSSR count). The van der Waals surface area contributed by atoms with Gasteiger partial charge in [0.1, 0.15) is 11.6 Å². The number of benzene rings is 2. The van der Waals surface area contributed by atoms with Crippen LogP contribution in [0.4, 0.5) is 5.69 Å². The van der Waals surface area contributed by atoms with E-state index in [4.69, 9.17) is 4.74 Å². The molecule has 4 aliphatic rings. The number of likely N-dealkylation sites (tertiary alicyclic amines) is 1. The SMILES string of the molecule is CC(C)N1CC=C[C@]23O[C@@]4(C)C=CCN(c5ccccc5)C(=O)[C@H]4[C@H]2C(=O)N([C@H](CO)c2ccccc2)C3C1=O. The van der Waals surface area contributed by atoms with Crippen molar-refractivity contribution in [3.8, 4) is 0 Å². The van der Waals surface area contributed by atoms with Crippen molar-refractivity contribution in [3.63, 3.8) is 0 Å². The third-order valence-corrected chi connectivity index (χ3v) is 8.91. The topological polar surface area (TPSA) is 90.4 Å². The van der Waals surface area contributed by atoms with E-state index < -0.39 is 35.1 Å². The highest BCUT2D eigenvalue weighted by Crippen LogP contribution is 2.59. The Balaban J connectivity index is 1.53.